The molecule has 0 bridgehead atoms. The highest BCUT2D eigenvalue weighted by molar-refractivity contribution is 7.89. The van der Waals surface area contributed by atoms with Gasteiger partial charge in [0, 0.05) is 29.6 Å². The molecule has 0 unspecified atom stereocenters. The van der Waals surface area contributed by atoms with Crippen molar-refractivity contribution in [3.05, 3.63) is 59.5 Å². The largest absolute Gasteiger partial charge is 0.491 e. The highest BCUT2D eigenvalue weighted by atomic mass is 32.2. The van der Waals surface area contributed by atoms with Crippen LogP contribution in [-0.2, 0) is 14.8 Å². The summed E-state index contributed by atoms with van der Waals surface area (Å²) in [6.45, 7) is 5.40. The van der Waals surface area contributed by atoms with Gasteiger partial charge in [-0.05, 0) is 50.2 Å². The SMILES string of the molecule is CC(C)Oc1ccc(C(=O)Nc2nc(-c3ccc(S(=O)(=O)N4CCOCC4)cc3)cs2)cc1. The van der Waals surface area contributed by atoms with E-state index >= 15 is 0 Å². The summed E-state index contributed by atoms with van der Waals surface area (Å²) in [5, 5.41) is 5.08. The number of carbonyl (C=O) groups excluding carboxylic acids is 1. The van der Waals surface area contributed by atoms with Crippen molar-refractivity contribution in [3.63, 3.8) is 0 Å². The zero-order chi connectivity index (χ0) is 23.4. The molecule has 1 amide bonds. The number of sulfonamides is 1. The van der Waals surface area contributed by atoms with Gasteiger partial charge in [0.15, 0.2) is 5.13 Å². The number of ether oxygens (including phenoxy) is 2. The van der Waals surface area contributed by atoms with Gasteiger partial charge >= 0.3 is 0 Å². The molecule has 1 fully saturated rings. The van der Waals surface area contributed by atoms with Crippen molar-refractivity contribution in [2.45, 2.75) is 24.8 Å². The summed E-state index contributed by atoms with van der Waals surface area (Å²) in [4.78, 5) is 17.2. The number of hydrogen-bond donors (Lipinski definition) is 1. The molecule has 2 heterocycles. The van der Waals surface area contributed by atoms with E-state index in [4.69, 9.17) is 9.47 Å². The molecule has 1 aliphatic heterocycles. The van der Waals surface area contributed by atoms with Gasteiger partial charge in [0.2, 0.25) is 10.0 Å². The number of morpholine rings is 1. The van der Waals surface area contributed by atoms with E-state index < -0.39 is 10.0 Å². The molecule has 0 saturated carbocycles. The van der Waals surface area contributed by atoms with Gasteiger partial charge in [0.05, 0.1) is 29.9 Å². The Morgan fingerprint density at radius 1 is 1.09 bits per heavy atom. The number of aromatic nitrogens is 1. The third-order valence-corrected chi connectivity index (χ3v) is 7.64. The van der Waals surface area contributed by atoms with Gasteiger partial charge in [-0.1, -0.05) is 12.1 Å². The van der Waals surface area contributed by atoms with Crippen LogP contribution in [0.5, 0.6) is 5.75 Å². The molecule has 1 aliphatic rings. The molecule has 3 aromatic rings. The number of anilines is 1. The lowest BCUT2D eigenvalue weighted by atomic mass is 10.2. The van der Waals surface area contributed by atoms with Crippen molar-refractivity contribution in [1.82, 2.24) is 9.29 Å². The Morgan fingerprint density at radius 2 is 1.76 bits per heavy atom. The zero-order valence-electron chi connectivity index (χ0n) is 18.4. The Kier molecular flexibility index (Phi) is 7.08. The maximum absolute atomic E-state index is 12.8. The van der Waals surface area contributed by atoms with Gasteiger partial charge < -0.3 is 9.47 Å². The lowest BCUT2D eigenvalue weighted by Crippen LogP contribution is -2.40. The summed E-state index contributed by atoms with van der Waals surface area (Å²) in [5.41, 5.74) is 1.93. The molecular weight excluding hydrogens is 462 g/mol. The number of amides is 1. The van der Waals surface area contributed by atoms with E-state index in [9.17, 15) is 13.2 Å². The minimum Gasteiger partial charge on any atom is -0.491 e. The zero-order valence-corrected chi connectivity index (χ0v) is 20.0. The van der Waals surface area contributed by atoms with E-state index in [1.165, 1.54) is 15.6 Å². The normalized spacial score (nSPS) is 14.9. The first-order valence-electron chi connectivity index (χ1n) is 10.5. The summed E-state index contributed by atoms with van der Waals surface area (Å²) < 4.78 is 37.8. The van der Waals surface area contributed by atoms with Crippen molar-refractivity contribution < 1.29 is 22.7 Å². The maximum Gasteiger partial charge on any atom is 0.257 e. The Morgan fingerprint density at radius 3 is 2.39 bits per heavy atom. The van der Waals surface area contributed by atoms with Crippen LogP contribution in [0.1, 0.15) is 24.2 Å². The van der Waals surface area contributed by atoms with Crippen molar-refractivity contribution in [2.75, 3.05) is 31.6 Å². The first-order chi connectivity index (χ1) is 15.8. The number of nitrogens with zero attached hydrogens (tertiary/aromatic N) is 2. The van der Waals surface area contributed by atoms with E-state index in [2.05, 4.69) is 10.3 Å². The van der Waals surface area contributed by atoms with Gasteiger partial charge in [0.25, 0.3) is 5.91 Å². The Labute approximate surface area is 197 Å². The summed E-state index contributed by atoms with van der Waals surface area (Å²) in [5.74, 6) is 0.441. The van der Waals surface area contributed by atoms with Gasteiger partial charge in [0.1, 0.15) is 5.75 Å². The number of hydrogen-bond acceptors (Lipinski definition) is 7. The fourth-order valence-corrected chi connectivity index (χ4v) is 5.45. The van der Waals surface area contributed by atoms with Gasteiger partial charge in [-0.2, -0.15) is 4.31 Å². The second-order valence-electron chi connectivity index (χ2n) is 7.72. The fourth-order valence-electron chi connectivity index (χ4n) is 3.32. The van der Waals surface area contributed by atoms with Gasteiger partial charge in [-0.25, -0.2) is 13.4 Å². The molecule has 1 N–H and O–H groups in total. The quantitative estimate of drug-likeness (QED) is 0.543. The van der Waals surface area contributed by atoms with Crippen molar-refractivity contribution in [3.8, 4) is 17.0 Å². The van der Waals surface area contributed by atoms with Crippen LogP contribution in [0.25, 0.3) is 11.3 Å². The van der Waals surface area contributed by atoms with Crippen LogP contribution in [-0.4, -0.2) is 56.0 Å². The predicted molar refractivity (Wildman–Crippen MR) is 127 cm³/mol. The molecule has 0 aliphatic carbocycles. The lowest BCUT2D eigenvalue weighted by Gasteiger charge is -2.26. The van der Waals surface area contributed by atoms with Crippen LogP contribution in [0.15, 0.2) is 58.8 Å². The second kappa shape index (κ2) is 10.0. The summed E-state index contributed by atoms with van der Waals surface area (Å²) >= 11 is 1.30. The topological polar surface area (TPSA) is 97.8 Å². The molecule has 0 radical (unpaired) electrons. The number of thiazole rings is 1. The van der Waals surface area contributed by atoms with Crippen LogP contribution < -0.4 is 10.1 Å². The molecule has 0 atom stereocenters. The molecule has 8 nitrogen and oxygen atoms in total. The van der Waals surface area contributed by atoms with Gasteiger partial charge in [-0.3, -0.25) is 10.1 Å². The molecule has 10 heteroatoms. The number of rotatable bonds is 7. The summed E-state index contributed by atoms with van der Waals surface area (Å²) in [7, 11) is -3.54. The van der Waals surface area contributed by atoms with Gasteiger partial charge in [-0.15, -0.1) is 11.3 Å². The average molecular weight is 488 g/mol. The van der Waals surface area contributed by atoms with Crippen LogP contribution in [0.3, 0.4) is 0 Å². The van der Waals surface area contributed by atoms with Crippen LogP contribution in [0, 0.1) is 0 Å². The van der Waals surface area contributed by atoms with Crippen LogP contribution in [0.4, 0.5) is 5.13 Å². The van der Waals surface area contributed by atoms with Crippen LogP contribution >= 0.6 is 11.3 Å². The summed E-state index contributed by atoms with van der Waals surface area (Å²) in [6, 6.07) is 13.5. The van der Waals surface area contributed by atoms with Crippen molar-refractivity contribution >= 4 is 32.4 Å². The van der Waals surface area contributed by atoms with E-state index in [0.29, 0.717) is 48.4 Å². The monoisotopic (exact) mass is 487 g/mol. The summed E-state index contributed by atoms with van der Waals surface area (Å²) in [6.07, 6.45) is 0.0620. The Bertz CT molecular complexity index is 1200. The highest BCUT2D eigenvalue weighted by Gasteiger charge is 2.26. The standard InChI is InChI=1S/C23H25N3O5S2/c1-16(2)31-19-7-3-18(4-8-19)22(27)25-23-24-21(15-32-23)17-5-9-20(10-6-17)33(28,29)26-11-13-30-14-12-26/h3-10,15-16H,11-14H2,1-2H3,(H,24,25,27). The molecular formula is C23H25N3O5S2. The van der Waals surface area contributed by atoms with Crippen LogP contribution in [0.2, 0.25) is 0 Å². The number of nitrogens with one attached hydrogen (secondary N) is 1. The van der Waals surface area contributed by atoms with E-state index in [0.717, 1.165) is 5.56 Å². The molecule has 0 spiro atoms. The molecule has 1 saturated heterocycles. The Hall–Kier alpha value is -2.79. The maximum atomic E-state index is 12.8. The minimum absolute atomic E-state index is 0.0620. The van der Waals surface area contributed by atoms with E-state index in [1.54, 1.807) is 48.5 Å². The molecule has 1 aromatic heterocycles. The first kappa shape index (κ1) is 23.4. The smallest absolute Gasteiger partial charge is 0.257 e. The van der Waals surface area contributed by atoms with E-state index in [1.807, 2.05) is 19.2 Å². The molecule has 174 valence electrons. The first-order valence-corrected chi connectivity index (χ1v) is 12.9. The number of carbonyl (C=O) groups is 1. The molecule has 4 rings (SSSR count). The Balaban J connectivity index is 1.42. The molecule has 33 heavy (non-hydrogen) atoms. The highest BCUT2D eigenvalue weighted by Crippen LogP contribution is 2.27. The average Bonchev–Trinajstić information content (AvgIpc) is 3.28. The number of benzene rings is 2. The van der Waals surface area contributed by atoms with Crippen molar-refractivity contribution in [2.24, 2.45) is 0 Å². The fraction of sp³-hybridized carbons (Fsp3) is 0.304. The third-order valence-electron chi connectivity index (χ3n) is 4.97. The van der Waals surface area contributed by atoms with Crippen molar-refractivity contribution in [1.29, 1.82) is 0 Å². The lowest BCUT2D eigenvalue weighted by molar-refractivity contribution is 0.0730. The second-order valence-corrected chi connectivity index (χ2v) is 10.5. The molecule has 2 aromatic carbocycles. The third kappa shape index (κ3) is 5.59. The predicted octanol–water partition coefficient (Wildman–Crippen LogP) is 3.87. The minimum atomic E-state index is -3.54. The van der Waals surface area contributed by atoms with E-state index in [-0.39, 0.29) is 16.9 Å².